The average molecular weight is 420 g/mol. The Kier molecular flexibility index (Phi) is 5.37. The van der Waals surface area contributed by atoms with E-state index in [0.717, 1.165) is 0 Å². The molecule has 2 aliphatic rings. The van der Waals surface area contributed by atoms with Gasteiger partial charge in [-0.05, 0) is 19.4 Å². The highest BCUT2D eigenvalue weighted by atomic mass is 16.5. The van der Waals surface area contributed by atoms with Crippen LogP contribution in [-0.4, -0.2) is 54.4 Å². The first-order valence-electron chi connectivity index (χ1n) is 10.3. The number of ether oxygens (including phenoxy) is 1. The summed E-state index contributed by atoms with van der Waals surface area (Å²) >= 11 is 0. The summed E-state index contributed by atoms with van der Waals surface area (Å²) in [5.41, 5.74) is -0.357. The topological polar surface area (TPSA) is 87.2 Å². The molecule has 2 heterocycles. The average Bonchev–Trinajstić information content (AvgIpc) is 3.17. The van der Waals surface area contributed by atoms with Crippen molar-refractivity contribution in [2.45, 2.75) is 18.9 Å². The van der Waals surface area contributed by atoms with Gasteiger partial charge in [0.05, 0.1) is 11.3 Å². The molecule has 0 radical (unpaired) electrons. The zero-order valence-electron chi connectivity index (χ0n) is 17.5. The van der Waals surface area contributed by atoms with E-state index in [0.29, 0.717) is 36.4 Å². The highest BCUT2D eigenvalue weighted by Gasteiger charge is 2.66. The van der Waals surface area contributed by atoms with Crippen LogP contribution >= 0.6 is 0 Å². The minimum Gasteiger partial charge on any atom is -0.507 e. The number of carbonyl (C=O) groups excluding carboxylic acids is 3. The maximum atomic E-state index is 13.9. The Balaban J connectivity index is 2.03. The van der Waals surface area contributed by atoms with E-state index in [4.69, 9.17) is 4.74 Å². The van der Waals surface area contributed by atoms with Crippen molar-refractivity contribution in [2.24, 2.45) is 0 Å². The number of Topliss-reactive ketones (excluding diaryl/α,β-unsaturated/α-hetero) is 1. The molecule has 0 bridgehead atoms. The molecule has 1 unspecified atom stereocenters. The Bertz CT molecular complexity index is 1080. The third kappa shape index (κ3) is 2.88. The van der Waals surface area contributed by atoms with Crippen molar-refractivity contribution in [3.05, 3.63) is 71.3 Å². The van der Waals surface area contributed by atoms with Crippen LogP contribution in [0.25, 0.3) is 5.76 Å². The Morgan fingerprint density at radius 2 is 1.71 bits per heavy atom. The van der Waals surface area contributed by atoms with E-state index in [1.165, 1.54) is 4.90 Å². The maximum Gasteiger partial charge on any atom is 0.296 e. The van der Waals surface area contributed by atoms with Gasteiger partial charge in [0.15, 0.2) is 5.54 Å². The SMILES string of the molecule is CCN1C(=O)C2(/C(=C(/O)c3ccccc3)C(=O)C(=O)N2CCCOC)c2ccccc21. The van der Waals surface area contributed by atoms with Gasteiger partial charge in [-0.25, -0.2) is 0 Å². The first kappa shape index (κ1) is 20.8. The monoisotopic (exact) mass is 420 g/mol. The second kappa shape index (κ2) is 8.00. The van der Waals surface area contributed by atoms with Crippen molar-refractivity contribution < 1.29 is 24.2 Å². The van der Waals surface area contributed by atoms with Gasteiger partial charge in [-0.2, -0.15) is 0 Å². The molecule has 0 aliphatic carbocycles. The van der Waals surface area contributed by atoms with Gasteiger partial charge in [-0.15, -0.1) is 0 Å². The van der Waals surface area contributed by atoms with Gasteiger partial charge in [-0.1, -0.05) is 48.5 Å². The molecule has 0 aromatic heterocycles. The molecule has 160 valence electrons. The highest BCUT2D eigenvalue weighted by molar-refractivity contribution is 6.50. The Hall–Kier alpha value is -3.45. The van der Waals surface area contributed by atoms with Crippen LogP contribution in [0, 0.1) is 0 Å². The molecule has 7 nitrogen and oxygen atoms in total. The van der Waals surface area contributed by atoms with Gasteiger partial charge >= 0.3 is 0 Å². The summed E-state index contributed by atoms with van der Waals surface area (Å²) in [6, 6.07) is 15.6. The first-order chi connectivity index (χ1) is 15.0. The number of anilines is 1. The molecule has 1 saturated heterocycles. The normalized spacial score (nSPS) is 21.9. The minimum atomic E-state index is -1.70. The van der Waals surface area contributed by atoms with Crippen molar-refractivity contribution >= 4 is 29.0 Å². The van der Waals surface area contributed by atoms with Crippen LogP contribution in [0.3, 0.4) is 0 Å². The number of carbonyl (C=O) groups is 3. The van der Waals surface area contributed by atoms with Gasteiger partial charge in [0, 0.05) is 37.9 Å². The molecule has 4 rings (SSSR count). The van der Waals surface area contributed by atoms with Gasteiger partial charge in [-0.3, -0.25) is 14.4 Å². The number of rotatable bonds is 6. The van der Waals surface area contributed by atoms with Crippen LogP contribution in [0.4, 0.5) is 5.69 Å². The largest absolute Gasteiger partial charge is 0.507 e. The third-order valence-electron chi connectivity index (χ3n) is 5.90. The lowest BCUT2D eigenvalue weighted by atomic mass is 9.82. The van der Waals surface area contributed by atoms with Crippen molar-refractivity contribution in [2.75, 3.05) is 31.7 Å². The van der Waals surface area contributed by atoms with Gasteiger partial charge in [0.25, 0.3) is 17.6 Å². The van der Waals surface area contributed by atoms with Crippen LogP contribution in [0.2, 0.25) is 0 Å². The van der Waals surface area contributed by atoms with Crippen LogP contribution < -0.4 is 4.90 Å². The quantitative estimate of drug-likeness (QED) is 0.336. The third-order valence-corrected chi connectivity index (χ3v) is 5.90. The molecule has 1 N–H and O–H groups in total. The summed E-state index contributed by atoms with van der Waals surface area (Å²) < 4.78 is 5.12. The number of fused-ring (bicyclic) bond motifs is 2. The van der Waals surface area contributed by atoms with Gasteiger partial charge in [0.1, 0.15) is 5.76 Å². The van der Waals surface area contributed by atoms with Gasteiger partial charge in [0.2, 0.25) is 0 Å². The Morgan fingerprint density at radius 3 is 2.39 bits per heavy atom. The summed E-state index contributed by atoms with van der Waals surface area (Å²) in [5, 5.41) is 11.2. The minimum absolute atomic E-state index is 0.140. The number of ketones is 1. The standard InChI is InChI=1S/C24H24N2O5/c1-3-25-18-13-8-7-12-17(18)24(23(25)30)19(20(27)16-10-5-4-6-11-16)21(28)22(29)26(24)14-9-15-31-2/h4-8,10-13,27H,3,9,14-15H2,1-2H3/b20-19+. The molecule has 0 saturated carbocycles. The van der Waals surface area contributed by atoms with Gasteiger partial charge < -0.3 is 19.6 Å². The van der Waals surface area contributed by atoms with Crippen LogP contribution in [0.5, 0.6) is 0 Å². The lowest BCUT2D eigenvalue weighted by Crippen LogP contribution is -2.52. The number of hydrogen-bond acceptors (Lipinski definition) is 5. The second-order valence-electron chi connectivity index (χ2n) is 7.50. The first-order valence-corrected chi connectivity index (χ1v) is 10.3. The number of para-hydroxylation sites is 1. The van der Waals surface area contributed by atoms with Crippen LogP contribution in [-0.2, 0) is 24.7 Å². The number of aliphatic hydroxyl groups is 1. The molecule has 31 heavy (non-hydrogen) atoms. The second-order valence-corrected chi connectivity index (χ2v) is 7.50. The van der Waals surface area contributed by atoms with E-state index in [-0.39, 0.29) is 17.9 Å². The summed E-state index contributed by atoms with van der Waals surface area (Å²) in [6.07, 6.45) is 0.443. The molecule has 2 aromatic rings. The molecule has 2 aliphatic heterocycles. The predicted octanol–water partition coefficient (Wildman–Crippen LogP) is 2.67. The van der Waals surface area contributed by atoms with E-state index in [1.54, 1.807) is 60.5 Å². The summed E-state index contributed by atoms with van der Waals surface area (Å²) in [6.45, 7) is 2.71. The molecular weight excluding hydrogens is 396 g/mol. The van der Waals surface area contributed by atoms with Crippen LogP contribution in [0.1, 0.15) is 24.5 Å². The molecule has 1 atom stereocenters. The highest BCUT2D eigenvalue weighted by Crippen LogP contribution is 2.53. The van der Waals surface area contributed by atoms with Crippen molar-refractivity contribution in [1.82, 2.24) is 4.90 Å². The summed E-state index contributed by atoms with van der Waals surface area (Å²) in [5.74, 6) is -2.42. The Morgan fingerprint density at radius 1 is 1.03 bits per heavy atom. The molecule has 2 amide bonds. The number of likely N-dealkylation sites (N-methyl/N-ethyl adjacent to an activating group) is 1. The van der Waals surface area contributed by atoms with E-state index >= 15 is 0 Å². The van der Waals surface area contributed by atoms with Crippen LogP contribution in [0.15, 0.2) is 60.2 Å². The number of benzene rings is 2. The zero-order valence-corrected chi connectivity index (χ0v) is 17.5. The smallest absolute Gasteiger partial charge is 0.296 e. The lowest BCUT2D eigenvalue weighted by molar-refractivity contribution is -0.143. The molecular formula is C24H24N2O5. The number of aliphatic hydroxyl groups excluding tert-OH is 1. The predicted molar refractivity (Wildman–Crippen MR) is 115 cm³/mol. The zero-order chi connectivity index (χ0) is 22.2. The van der Waals surface area contributed by atoms with E-state index in [2.05, 4.69) is 0 Å². The molecule has 1 spiro atoms. The van der Waals surface area contributed by atoms with E-state index in [1.807, 2.05) is 13.0 Å². The number of methoxy groups -OCH3 is 1. The summed E-state index contributed by atoms with van der Waals surface area (Å²) in [4.78, 5) is 43.2. The fourth-order valence-electron chi connectivity index (χ4n) is 4.59. The summed E-state index contributed by atoms with van der Waals surface area (Å²) in [7, 11) is 1.55. The fourth-order valence-corrected chi connectivity index (χ4v) is 4.59. The fraction of sp³-hybridized carbons (Fsp3) is 0.292. The number of likely N-dealkylation sites (tertiary alicyclic amines) is 1. The number of amides is 2. The number of nitrogens with zero attached hydrogens (tertiary/aromatic N) is 2. The molecule has 2 aromatic carbocycles. The molecule has 1 fully saturated rings. The van der Waals surface area contributed by atoms with Crippen molar-refractivity contribution in [1.29, 1.82) is 0 Å². The van der Waals surface area contributed by atoms with Crippen molar-refractivity contribution in [3.63, 3.8) is 0 Å². The Labute approximate surface area is 180 Å². The maximum absolute atomic E-state index is 13.9. The van der Waals surface area contributed by atoms with Crippen molar-refractivity contribution in [3.8, 4) is 0 Å². The van der Waals surface area contributed by atoms with E-state index < -0.39 is 23.1 Å². The number of hydrogen-bond donors (Lipinski definition) is 1. The lowest BCUT2D eigenvalue weighted by Gasteiger charge is -2.34. The van der Waals surface area contributed by atoms with E-state index in [9.17, 15) is 19.5 Å². The molecule has 7 heteroatoms.